The minimum atomic E-state index is -0.313. The molecular weight excluding hydrogens is 361 g/mol. The SMILES string of the molecule is CCn1nccc1-c1cc(-c2nnco2)c2cnn(-c3ccc(F)cc3)c2n1. The van der Waals surface area contributed by atoms with Crippen molar-refractivity contribution in [2.75, 3.05) is 0 Å². The van der Waals surface area contributed by atoms with Gasteiger partial charge in [-0.2, -0.15) is 10.2 Å². The van der Waals surface area contributed by atoms with Crippen LogP contribution in [0.25, 0.3) is 39.6 Å². The van der Waals surface area contributed by atoms with Crippen LogP contribution < -0.4 is 0 Å². The minimum absolute atomic E-state index is 0.313. The summed E-state index contributed by atoms with van der Waals surface area (Å²) in [6.07, 6.45) is 4.70. The molecule has 28 heavy (non-hydrogen) atoms. The largest absolute Gasteiger partial charge is 0.423 e. The van der Waals surface area contributed by atoms with Crippen molar-refractivity contribution >= 4 is 11.0 Å². The second-order valence-electron chi connectivity index (χ2n) is 6.10. The molecule has 0 aliphatic heterocycles. The molecule has 5 aromatic rings. The van der Waals surface area contributed by atoms with E-state index in [9.17, 15) is 4.39 Å². The first-order valence-electron chi connectivity index (χ1n) is 8.68. The Hall–Kier alpha value is -3.88. The molecule has 0 bridgehead atoms. The molecule has 0 atom stereocenters. The molecule has 0 fully saturated rings. The molecule has 0 spiro atoms. The first-order chi connectivity index (χ1) is 13.7. The number of halogens is 1. The predicted molar refractivity (Wildman–Crippen MR) is 99.0 cm³/mol. The van der Waals surface area contributed by atoms with Crippen LogP contribution in [0, 0.1) is 5.82 Å². The van der Waals surface area contributed by atoms with E-state index in [1.165, 1.54) is 18.5 Å². The molecule has 9 heteroatoms. The maximum absolute atomic E-state index is 13.3. The molecule has 8 nitrogen and oxygen atoms in total. The highest BCUT2D eigenvalue weighted by molar-refractivity contribution is 5.93. The number of aromatic nitrogens is 7. The number of rotatable bonds is 4. The van der Waals surface area contributed by atoms with Gasteiger partial charge in [0.05, 0.1) is 34.2 Å². The highest BCUT2D eigenvalue weighted by Gasteiger charge is 2.19. The summed E-state index contributed by atoms with van der Waals surface area (Å²) < 4.78 is 22.3. The van der Waals surface area contributed by atoms with Crippen LogP contribution in [0.4, 0.5) is 4.39 Å². The zero-order valence-corrected chi connectivity index (χ0v) is 14.8. The van der Waals surface area contributed by atoms with Gasteiger partial charge in [-0.15, -0.1) is 10.2 Å². The summed E-state index contributed by atoms with van der Waals surface area (Å²) in [6.45, 7) is 2.71. The number of pyridine rings is 1. The molecule has 0 N–H and O–H groups in total. The lowest BCUT2D eigenvalue weighted by molar-refractivity contribution is 0.569. The number of hydrogen-bond acceptors (Lipinski definition) is 6. The highest BCUT2D eigenvalue weighted by atomic mass is 19.1. The van der Waals surface area contributed by atoms with E-state index in [-0.39, 0.29) is 5.82 Å². The van der Waals surface area contributed by atoms with Gasteiger partial charge in [0.2, 0.25) is 12.3 Å². The summed E-state index contributed by atoms with van der Waals surface area (Å²) in [5.41, 5.74) is 3.57. The number of aryl methyl sites for hydroxylation is 1. The van der Waals surface area contributed by atoms with E-state index >= 15 is 0 Å². The van der Waals surface area contributed by atoms with E-state index in [4.69, 9.17) is 9.40 Å². The average Bonchev–Trinajstić information content (AvgIpc) is 3.47. The van der Waals surface area contributed by atoms with E-state index in [0.717, 1.165) is 16.6 Å². The third-order valence-corrected chi connectivity index (χ3v) is 4.48. The van der Waals surface area contributed by atoms with Gasteiger partial charge in [-0.1, -0.05) is 0 Å². The third-order valence-electron chi connectivity index (χ3n) is 4.48. The molecule has 0 saturated carbocycles. The zero-order valence-electron chi connectivity index (χ0n) is 14.8. The van der Waals surface area contributed by atoms with Crippen LogP contribution in [0.2, 0.25) is 0 Å². The minimum Gasteiger partial charge on any atom is -0.423 e. The Morgan fingerprint density at radius 2 is 1.96 bits per heavy atom. The molecule has 4 aromatic heterocycles. The average molecular weight is 375 g/mol. The fraction of sp³-hybridized carbons (Fsp3) is 0.105. The second kappa shape index (κ2) is 6.38. The molecule has 0 radical (unpaired) electrons. The standard InChI is InChI=1S/C19H14FN7O/c1-2-26-17(7-8-22-26)16-9-14(19-25-21-11-28-19)15-10-23-27(18(15)24-16)13-5-3-12(20)4-6-13/h3-11H,2H2,1H3. The summed E-state index contributed by atoms with van der Waals surface area (Å²) in [5.74, 6) is 0.0575. The molecule has 4 heterocycles. The van der Waals surface area contributed by atoms with Crippen LogP contribution >= 0.6 is 0 Å². The molecule has 0 amide bonds. The van der Waals surface area contributed by atoms with Crippen molar-refractivity contribution < 1.29 is 8.81 Å². The predicted octanol–water partition coefficient (Wildman–Crippen LogP) is 3.49. The number of hydrogen-bond donors (Lipinski definition) is 0. The Morgan fingerprint density at radius 3 is 2.71 bits per heavy atom. The molecule has 1 aromatic carbocycles. The van der Waals surface area contributed by atoms with E-state index < -0.39 is 0 Å². The maximum Gasteiger partial charge on any atom is 0.248 e. The van der Waals surface area contributed by atoms with Crippen LogP contribution in [-0.2, 0) is 6.54 Å². The lowest BCUT2D eigenvalue weighted by Crippen LogP contribution is -2.02. The van der Waals surface area contributed by atoms with Gasteiger partial charge in [-0.3, -0.25) is 4.68 Å². The van der Waals surface area contributed by atoms with Gasteiger partial charge in [-0.25, -0.2) is 14.1 Å². The Balaban J connectivity index is 1.80. The molecule has 0 aliphatic rings. The number of nitrogens with zero attached hydrogens (tertiary/aromatic N) is 7. The summed E-state index contributed by atoms with van der Waals surface area (Å²) in [6, 6.07) is 9.86. The van der Waals surface area contributed by atoms with Crippen molar-refractivity contribution in [2.24, 2.45) is 0 Å². The van der Waals surface area contributed by atoms with Gasteiger partial charge in [-0.05, 0) is 43.3 Å². The van der Waals surface area contributed by atoms with Crippen LogP contribution in [-0.4, -0.2) is 34.7 Å². The molecular formula is C19H14FN7O. The summed E-state index contributed by atoms with van der Waals surface area (Å²) >= 11 is 0. The van der Waals surface area contributed by atoms with E-state index in [1.807, 2.05) is 23.7 Å². The molecule has 0 saturated heterocycles. The van der Waals surface area contributed by atoms with Gasteiger partial charge < -0.3 is 4.42 Å². The molecule has 0 aliphatic carbocycles. The van der Waals surface area contributed by atoms with Gasteiger partial charge in [0.25, 0.3) is 0 Å². The van der Waals surface area contributed by atoms with Gasteiger partial charge in [0.1, 0.15) is 5.82 Å². The van der Waals surface area contributed by atoms with Gasteiger partial charge >= 0.3 is 0 Å². The Morgan fingerprint density at radius 1 is 1.11 bits per heavy atom. The Labute approximate surface area is 158 Å². The molecule has 5 rings (SSSR count). The lowest BCUT2D eigenvalue weighted by Gasteiger charge is -2.08. The van der Waals surface area contributed by atoms with Crippen molar-refractivity contribution in [1.29, 1.82) is 0 Å². The fourth-order valence-corrected chi connectivity index (χ4v) is 3.17. The summed E-state index contributed by atoms with van der Waals surface area (Å²) in [5, 5.41) is 17.3. The van der Waals surface area contributed by atoms with Crippen molar-refractivity contribution in [3.05, 3.63) is 61.0 Å². The summed E-state index contributed by atoms with van der Waals surface area (Å²) in [4.78, 5) is 4.81. The van der Waals surface area contributed by atoms with Crippen molar-refractivity contribution in [3.8, 4) is 28.5 Å². The van der Waals surface area contributed by atoms with Crippen molar-refractivity contribution in [1.82, 2.24) is 34.7 Å². The molecule has 138 valence electrons. The smallest absolute Gasteiger partial charge is 0.248 e. The topological polar surface area (TPSA) is 87.5 Å². The monoisotopic (exact) mass is 375 g/mol. The maximum atomic E-state index is 13.3. The zero-order chi connectivity index (χ0) is 19.1. The normalized spacial score (nSPS) is 11.4. The van der Waals surface area contributed by atoms with Crippen molar-refractivity contribution in [2.45, 2.75) is 13.5 Å². The highest BCUT2D eigenvalue weighted by Crippen LogP contribution is 2.32. The van der Waals surface area contributed by atoms with Gasteiger partial charge in [0.15, 0.2) is 5.65 Å². The first kappa shape index (κ1) is 16.3. The molecule has 0 unspecified atom stereocenters. The fourth-order valence-electron chi connectivity index (χ4n) is 3.17. The van der Waals surface area contributed by atoms with Gasteiger partial charge in [0, 0.05) is 12.7 Å². The van der Waals surface area contributed by atoms with Crippen LogP contribution in [0.3, 0.4) is 0 Å². The summed E-state index contributed by atoms with van der Waals surface area (Å²) in [7, 11) is 0. The third kappa shape index (κ3) is 2.56. The van der Waals surface area contributed by atoms with Crippen LogP contribution in [0.5, 0.6) is 0 Å². The first-order valence-corrected chi connectivity index (χ1v) is 8.68. The number of fused-ring (bicyclic) bond motifs is 1. The Bertz CT molecular complexity index is 1260. The quantitative estimate of drug-likeness (QED) is 0.478. The Kier molecular flexibility index (Phi) is 3.71. The second-order valence-corrected chi connectivity index (χ2v) is 6.10. The van der Waals surface area contributed by atoms with Crippen molar-refractivity contribution in [3.63, 3.8) is 0 Å². The lowest BCUT2D eigenvalue weighted by atomic mass is 10.1. The van der Waals surface area contributed by atoms with Crippen LogP contribution in [0.1, 0.15) is 6.92 Å². The van der Waals surface area contributed by atoms with E-state index in [1.54, 1.807) is 29.2 Å². The van der Waals surface area contributed by atoms with Crippen LogP contribution in [0.15, 0.2) is 59.6 Å². The van der Waals surface area contributed by atoms with E-state index in [0.29, 0.717) is 29.5 Å². The van der Waals surface area contributed by atoms with E-state index in [2.05, 4.69) is 20.4 Å². The number of benzene rings is 1.